The Morgan fingerprint density at radius 2 is 1.89 bits per heavy atom. The quantitative estimate of drug-likeness (QED) is 0.576. The van der Waals surface area contributed by atoms with Gasteiger partial charge in [-0.15, -0.1) is 6.58 Å². The van der Waals surface area contributed by atoms with Gasteiger partial charge in [-0.25, -0.2) is 0 Å². The summed E-state index contributed by atoms with van der Waals surface area (Å²) in [6, 6.07) is 3.67. The minimum Gasteiger partial charge on any atom is -0.473 e. The molecule has 0 radical (unpaired) electrons. The molecule has 0 aliphatic heterocycles. The van der Waals surface area contributed by atoms with E-state index in [9.17, 15) is 0 Å². The zero-order chi connectivity index (χ0) is 6.95. The van der Waals surface area contributed by atoms with Crippen molar-refractivity contribution in [3.05, 3.63) is 37.3 Å². The van der Waals surface area contributed by atoms with Crippen molar-refractivity contribution in [3.8, 4) is 0 Å². The molecule has 0 bridgehead atoms. The SMILES string of the molecule is C=CCN.c1ccoc1. The van der Waals surface area contributed by atoms with Gasteiger partial charge < -0.3 is 10.2 Å². The van der Waals surface area contributed by atoms with Crippen LogP contribution in [0.25, 0.3) is 0 Å². The van der Waals surface area contributed by atoms with Gasteiger partial charge in [0.05, 0.1) is 12.5 Å². The highest BCUT2D eigenvalue weighted by atomic mass is 16.3. The van der Waals surface area contributed by atoms with Crippen LogP contribution in [0, 0.1) is 0 Å². The fourth-order valence-corrected chi connectivity index (χ4v) is 0.227. The van der Waals surface area contributed by atoms with Crippen molar-refractivity contribution in [3.63, 3.8) is 0 Å². The molecule has 0 aliphatic carbocycles. The predicted molar refractivity (Wildman–Crippen MR) is 38.0 cm³/mol. The van der Waals surface area contributed by atoms with Crippen LogP contribution in [0.2, 0.25) is 0 Å². The third-order valence-electron chi connectivity index (χ3n) is 0.592. The van der Waals surface area contributed by atoms with Gasteiger partial charge in [0.25, 0.3) is 0 Å². The van der Waals surface area contributed by atoms with Crippen LogP contribution in [-0.4, -0.2) is 6.54 Å². The molecular formula is C7H11NO. The van der Waals surface area contributed by atoms with Gasteiger partial charge in [0, 0.05) is 6.54 Å². The summed E-state index contributed by atoms with van der Waals surface area (Å²) in [4.78, 5) is 0. The van der Waals surface area contributed by atoms with Crippen LogP contribution in [0.4, 0.5) is 0 Å². The summed E-state index contributed by atoms with van der Waals surface area (Å²) in [5, 5.41) is 0. The zero-order valence-electron chi connectivity index (χ0n) is 5.29. The average molecular weight is 125 g/mol. The molecular weight excluding hydrogens is 114 g/mol. The average Bonchev–Trinajstić information content (AvgIpc) is 2.43. The molecule has 1 aromatic heterocycles. The molecule has 0 unspecified atom stereocenters. The summed E-state index contributed by atoms with van der Waals surface area (Å²) in [6.07, 6.45) is 4.90. The van der Waals surface area contributed by atoms with E-state index in [0.717, 1.165) is 0 Å². The Morgan fingerprint density at radius 1 is 1.44 bits per heavy atom. The number of nitrogens with two attached hydrogens (primary N) is 1. The van der Waals surface area contributed by atoms with E-state index < -0.39 is 0 Å². The standard InChI is InChI=1S/C4H4O.C3H7N/c1-2-4-5-3-1;1-2-3-4/h1-4H;2H,1,3-4H2. The first kappa shape index (κ1) is 7.98. The molecule has 9 heavy (non-hydrogen) atoms. The van der Waals surface area contributed by atoms with E-state index in [0.29, 0.717) is 6.54 Å². The van der Waals surface area contributed by atoms with Crippen LogP contribution in [0.5, 0.6) is 0 Å². The number of rotatable bonds is 1. The van der Waals surface area contributed by atoms with Gasteiger partial charge in [-0.3, -0.25) is 0 Å². The lowest BCUT2D eigenvalue weighted by atomic mass is 10.7. The minimum absolute atomic E-state index is 0.583. The fourth-order valence-electron chi connectivity index (χ4n) is 0.227. The minimum atomic E-state index is 0.583. The molecule has 2 heteroatoms. The van der Waals surface area contributed by atoms with E-state index in [-0.39, 0.29) is 0 Å². The van der Waals surface area contributed by atoms with E-state index in [4.69, 9.17) is 5.73 Å². The van der Waals surface area contributed by atoms with Crippen LogP contribution < -0.4 is 5.73 Å². The first-order valence-electron chi connectivity index (χ1n) is 2.70. The molecule has 1 heterocycles. The third kappa shape index (κ3) is 6.98. The highest BCUT2D eigenvalue weighted by molar-refractivity contribution is 4.79. The number of hydrogen-bond acceptors (Lipinski definition) is 2. The smallest absolute Gasteiger partial charge is 0.0902 e. The first-order valence-corrected chi connectivity index (χ1v) is 2.70. The van der Waals surface area contributed by atoms with E-state index in [1.165, 1.54) is 0 Å². The van der Waals surface area contributed by atoms with E-state index >= 15 is 0 Å². The molecule has 0 saturated carbocycles. The Labute approximate surface area is 55.0 Å². The predicted octanol–water partition coefficient (Wildman–Crippen LogP) is 1.41. The van der Waals surface area contributed by atoms with Crippen LogP contribution in [0.3, 0.4) is 0 Å². The van der Waals surface area contributed by atoms with Gasteiger partial charge in [-0.05, 0) is 12.1 Å². The zero-order valence-corrected chi connectivity index (χ0v) is 5.29. The Morgan fingerprint density at radius 3 is 2.00 bits per heavy atom. The number of furan rings is 1. The van der Waals surface area contributed by atoms with Crippen molar-refractivity contribution in [2.75, 3.05) is 6.54 Å². The van der Waals surface area contributed by atoms with Gasteiger partial charge >= 0.3 is 0 Å². The maximum atomic E-state index is 4.91. The monoisotopic (exact) mass is 125 g/mol. The van der Waals surface area contributed by atoms with Crippen molar-refractivity contribution in [1.29, 1.82) is 0 Å². The summed E-state index contributed by atoms with van der Waals surface area (Å²) < 4.78 is 4.58. The van der Waals surface area contributed by atoms with E-state index in [1.807, 2.05) is 12.1 Å². The van der Waals surface area contributed by atoms with Crippen LogP contribution in [0.15, 0.2) is 41.7 Å². The molecule has 2 nitrogen and oxygen atoms in total. The highest BCUT2D eigenvalue weighted by Gasteiger charge is 1.58. The summed E-state index contributed by atoms with van der Waals surface area (Å²) in [6.45, 7) is 3.94. The molecule has 0 spiro atoms. The Hall–Kier alpha value is -1.02. The summed E-state index contributed by atoms with van der Waals surface area (Å²) in [7, 11) is 0. The lowest BCUT2D eigenvalue weighted by molar-refractivity contribution is 0.567. The normalized spacial score (nSPS) is 7.22. The second-order valence-corrected chi connectivity index (χ2v) is 1.32. The molecule has 0 saturated heterocycles. The van der Waals surface area contributed by atoms with Crippen molar-refractivity contribution < 1.29 is 4.42 Å². The largest absolute Gasteiger partial charge is 0.473 e. The summed E-state index contributed by atoms with van der Waals surface area (Å²) in [5.41, 5.74) is 4.91. The van der Waals surface area contributed by atoms with Crippen LogP contribution in [0.1, 0.15) is 0 Å². The highest BCUT2D eigenvalue weighted by Crippen LogP contribution is 1.79. The van der Waals surface area contributed by atoms with Gasteiger partial charge in [-0.1, -0.05) is 6.08 Å². The fraction of sp³-hybridized carbons (Fsp3) is 0.143. The van der Waals surface area contributed by atoms with Gasteiger partial charge in [0.1, 0.15) is 0 Å². The van der Waals surface area contributed by atoms with Crippen molar-refractivity contribution >= 4 is 0 Å². The first-order chi connectivity index (χ1) is 4.41. The molecule has 0 atom stereocenters. The van der Waals surface area contributed by atoms with Gasteiger partial charge in [0.15, 0.2) is 0 Å². The van der Waals surface area contributed by atoms with E-state index in [1.54, 1.807) is 18.6 Å². The summed E-state index contributed by atoms with van der Waals surface area (Å²) in [5.74, 6) is 0. The molecule has 1 rings (SSSR count). The molecule has 0 aliphatic rings. The second kappa shape index (κ2) is 6.98. The maximum absolute atomic E-state index is 4.91. The van der Waals surface area contributed by atoms with Gasteiger partial charge in [0.2, 0.25) is 0 Å². The maximum Gasteiger partial charge on any atom is 0.0902 e. The van der Waals surface area contributed by atoms with Gasteiger partial charge in [-0.2, -0.15) is 0 Å². The molecule has 2 N–H and O–H groups in total. The lowest BCUT2D eigenvalue weighted by Gasteiger charge is -1.61. The molecule has 0 aromatic carbocycles. The van der Waals surface area contributed by atoms with Crippen molar-refractivity contribution in [1.82, 2.24) is 0 Å². The second-order valence-electron chi connectivity index (χ2n) is 1.32. The Kier molecular flexibility index (Phi) is 6.19. The Bertz CT molecular complexity index is 106. The van der Waals surface area contributed by atoms with Crippen molar-refractivity contribution in [2.24, 2.45) is 5.73 Å². The van der Waals surface area contributed by atoms with Crippen LogP contribution >= 0.6 is 0 Å². The molecule has 50 valence electrons. The van der Waals surface area contributed by atoms with Crippen LogP contribution in [-0.2, 0) is 0 Å². The third-order valence-corrected chi connectivity index (χ3v) is 0.592. The number of hydrogen-bond donors (Lipinski definition) is 1. The summed E-state index contributed by atoms with van der Waals surface area (Å²) >= 11 is 0. The Balaban J connectivity index is 0.000000148. The topological polar surface area (TPSA) is 39.2 Å². The lowest BCUT2D eigenvalue weighted by Crippen LogP contribution is -1.90. The van der Waals surface area contributed by atoms with Crippen molar-refractivity contribution in [2.45, 2.75) is 0 Å². The molecule has 0 fully saturated rings. The van der Waals surface area contributed by atoms with E-state index in [2.05, 4.69) is 11.0 Å². The molecule has 0 amide bonds. The molecule has 1 aromatic rings.